The van der Waals surface area contributed by atoms with Crippen LogP contribution in [0.15, 0.2) is 60.7 Å². The lowest BCUT2D eigenvalue weighted by molar-refractivity contribution is -0.137. The topological polar surface area (TPSA) is 29.5 Å². The first-order valence-electron chi connectivity index (χ1n) is 6.94. The molecule has 0 spiro atoms. The van der Waals surface area contributed by atoms with Crippen LogP contribution in [0.4, 0.5) is 11.4 Å². The van der Waals surface area contributed by atoms with Crippen LogP contribution in [0.2, 0.25) is 0 Å². The molecule has 2 rings (SSSR count). The molecule has 0 amide bonds. The molecule has 0 heterocycles. The molecule has 2 aromatic carbocycles. The Labute approximate surface area is 125 Å². The van der Waals surface area contributed by atoms with E-state index in [-0.39, 0.29) is 5.97 Å². The summed E-state index contributed by atoms with van der Waals surface area (Å²) in [7, 11) is 2.03. The molecule has 0 aliphatic carbocycles. The number of anilines is 2. The summed E-state index contributed by atoms with van der Waals surface area (Å²) in [6.45, 7) is 2.18. The molecule has 2 aromatic rings. The average Bonchev–Trinajstić information content (AvgIpc) is 2.54. The predicted molar refractivity (Wildman–Crippen MR) is 86.6 cm³/mol. The van der Waals surface area contributed by atoms with Crippen molar-refractivity contribution in [2.45, 2.75) is 6.92 Å². The normalized spacial score (nSPS) is 10.6. The number of carbonyl (C=O) groups is 1. The summed E-state index contributed by atoms with van der Waals surface area (Å²) >= 11 is 0. The minimum absolute atomic E-state index is 0.317. The van der Waals surface area contributed by atoms with E-state index in [4.69, 9.17) is 4.74 Å². The van der Waals surface area contributed by atoms with Crippen LogP contribution in [0.3, 0.4) is 0 Å². The standard InChI is InChI=1S/C18H19NO2/c1-3-21-18(20)14-11-15-9-12-17(13-10-15)19(2)16-7-5-4-6-8-16/h4-14H,3H2,1-2H3. The van der Waals surface area contributed by atoms with Gasteiger partial charge in [0.15, 0.2) is 0 Å². The predicted octanol–water partition coefficient (Wildman–Crippen LogP) is 4.03. The Morgan fingerprint density at radius 2 is 1.67 bits per heavy atom. The van der Waals surface area contributed by atoms with Crippen LogP contribution >= 0.6 is 0 Å². The average molecular weight is 281 g/mol. The molecular weight excluding hydrogens is 262 g/mol. The molecule has 21 heavy (non-hydrogen) atoms. The van der Waals surface area contributed by atoms with E-state index >= 15 is 0 Å². The molecule has 0 radical (unpaired) electrons. The third kappa shape index (κ3) is 4.21. The SMILES string of the molecule is CCOC(=O)C=Cc1ccc(N(C)c2ccccc2)cc1. The first kappa shape index (κ1) is 14.9. The van der Waals surface area contributed by atoms with Gasteiger partial charge in [0.2, 0.25) is 0 Å². The Bertz CT molecular complexity index is 603. The fourth-order valence-corrected chi connectivity index (χ4v) is 1.96. The second kappa shape index (κ2) is 7.29. The van der Waals surface area contributed by atoms with Crippen LogP contribution in [-0.2, 0) is 9.53 Å². The summed E-state index contributed by atoms with van der Waals surface area (Å²) in [5.74, 6) is -0.317. The molecule has 0 unspecified atom stereocenters. The van der Waals surface area contributed by atoms with Crippen LogP contribution in [0.25, 0.3) is 6.08 Å². The second-order valence-electron chi connectivity index (χ2n) is 4.57. The molecule has 108 valence electrons. The van der Waals surface area contributed by atoms with E-state index in [1.165, 1.54) is 6.08 Å². The van der Waals surface area contributed by atoms with E-state index in [0.717, 1.165) is 16.9 Å². The molecular formula is C18H19NO2. The Morgan fingerprint density at radius 3 is 2.29 bits per heavy atom. The number of rotatable bonds is 5. The van der Waals surface area contributed by atoms with Crippen molar-refractivity contribution in [2.24, 2.45) is 0 Å². The van der Waals surface area contributed by atoms with Crippen LogP contribution in [-0.4, -0.2) is 19.6 Å². The Balaban J connectivity index is 2.07. The lowest BCUT2D eigenvalue weighted by Gasteiger charge is -2.19. The fourth-order valence-electron chi connectivity index (χ4n) is 1.96. The smallest absolute Gasteiger partial charge is 0.330 e. The zero-order chi connectivity index (χ0) is 15.1. The molecule has 0 aliphatic heterocycles. The van der Waals surface area contributed by atoms with Crippen molar-refractivity contribution in [3.63, 3.8) is 0 Å². The third-order valence-electron chi connectivity index (χ3n) is 3.12. The largest absolute Gasteiger partial charge is 0.463 e. The highest BCUT2D eigenvalue weighted by Gasteiger charge is 2.02. The molecule has 3 heteroatoms. The molecule has 0 aromatic heterocycles. The van der Waals surface area contributed by atoms with Crippen LogP contribution < -0.4 is 4.90 Å². The maximum absolute atomic E-state index is 11.3. The number of esters is 1. The Kier molecular flexibility index (Phi) is 5.16. The van der Waals surface area contributed by atoms with Gasteiger partial charge in [0.05, 0.1) is 6.61 Å². The van der Waals surface area contributed by atoms with Crippen molar-refractivity contribution in [1.29, 1.82) is 0 Å². The summed E-state index contributed by atoms with van der Waals surface area (Å²) in [5.41, 5.74) is 3.19. The lowest BCUT2D eigenvalue weighted by atomic mass is 10.1. The minimum atomic E-state index is -0.317. The van der Waals surface area contributed by atoms with E-state index in [9.17, 15) is 4.79 Å². The molecule has 0 fully saturated rings. The first-order valence-corrected chi connectivity index (χ1v) is 6.94. The van der Waals surface area contributed by atoms with Crippen molar-refractivity contribution in [3.05, 3.63) is 66.2 Å². The maximum Gasteiger partial charge on any atom is 0.330 e. The van der Waals surface area contributed by atoms with Gasteiger partial charge in [-0.1, -0.05) is 30.3 Å². The maximum atomic E-state index is 11.3. The van der Waals surface area contributed by atoms with Gasteiger partial charge >= 0.3 is 5.97 Å². The van der Waals surface area contributed by atoms with Crippen molar-refractivity contribution in [1.82, 2.24) is 0 Å². The molecule has 0 saturated carbocycles. The van der Waals surface area contributed by atoms with Gasteiger partial charge < -0.3 is 9.64 Å². The molecule has 0 atom stereocenters. The minimum Gasteiger partial charge on any atom is -0.463 e. The van der Waals surface area contributed by atoms with Gasteiger partial charge in [0, 0.05) is 24.5 Å². The van der Waals surface area contributed by atoms with Crippen LogP contribution in [0.1, 0.15) is 12.5 Å². The summed E-state index contributed by atoms with van der Waals surface area (Å²) < 4.78 is 4.85. The highest BCUT2D eigenvalue weighted by Crippen LogP contribution is 2.23. The highest BCUT2D eigenvalue weighted by atomic mass is 16.5. The van der Waals surface area contributed by atoms with Gasteiger partial charge in [-0.15, -0.1) is 0 Å². The number of para-hydroxylation sites is 1. The van der Waals surface area contributed by atoms with Crippen molar-refractivity contribution < 1.29 is 9.53 Å². The number of hydrogen-bond donors (Lipinski definition) is 0. The Hall–Kier alpha value is -2.55. The van der Waals surface area contributed by atoms with Gasteiger partial charge in [-0.2, -0.15) is 0 Å². The number of hydrogen-bond acceptors (Lipinski definition) is 3. The van der Waals surface area contributed by atoms with Gasteiger partial charge in [-0.25, -0.2) is 4.79 Å². The monoisotopic (exact) mass is 281 g/mol. The Morgan fingerprint density at radius 1 is 1.05 bits per heavy atom. The molecule has 0 saturated heterocycles. The van der Waals surface area contributed by atoms with E-state index in [2.05, 4.69) is 17.0 Å². The molecule has 0 N–H and O–H groups in total. The van der Waals surface area contributed by atoms with Gasteiger partial charge in [-0.05, 0) is 42.8 Å². The van der Waals surface area contributed by atoms with Gasteiger partial charge in [0.1, 0.15) is 0 Å². The second-order valence-corrected chi connectivity index (χ2v) is 4.57. The number of ether oxygens (including phenoxy) is 1. The summed E-state index contributed by atoms with van der Waals surface area (Å²) in [6.07, 6.45) is 3.20. The first-order chi connectivity index (χ1) is 10.2. The molecule has 0 aliphatic rings. The summed E-state index contributed by atoms with van der Waals surface area (Å²) in [4.78, 5) is 13.4. The van der Waals surface area contributed by atoms with Gasteiger partial charge in [0.25, 0.3) is 0 Å². The van der Waals surface area contributed by atoms with Crippen molar-refractivity contribution >= 4 is 23.4 Å². The number of nitrogens with zero attached hydrogens (tertiary/aromatic N) is 1. The third-order valence-corrected chi connectivity index (χ3v) is 3.12. The van der Waals surface area contributed by atoms with Crippen molar-refractivity contribution in [2.75, 3.05) is 18.6 Å². The van der Waals surface area contributed by atoms with Crippen molar-refractivity contribution in [3.8, 4) is 0 Å². The van der Waals surface area contributed by atoms with Crippen LogP contribution in [0, 0.1) is 0 Å². The zero-order valence-electron chi connectivity index (χ0n) is 12.3. The van der Waals surface area contributed by atoms with Crippen LogP contribution in [0.5, 0.6) is 0 Å². The molecule has 3 nitrogen and oxygen atoms in total. The van der Waals surface area contributed by atoms with E-state index < -0.39 is 0 Å². The summed E-state index contributed by atoms with van der Waals surface area (Å²) in [6, 6.07) is 18.2. The van der Waals surface area contributed by atoms with E-state index in [1.807, 2.05) is 49.5 Å². The zero-order valence-corrected chi connectivity index (χ0v) is 12.3. The van der Waals surface area contributed by atoms with E-state index in [0.29, 0.717) is 6.61 Å². The lowest BCUT2D eigenvalue weighted by Crippen LogP contribution is -2.08. The highest BCUT2D eigenvalue weighted by molar-refractivity contribution is 5.87. The van der Waals surface area contributed by atoms with Gasteiger partial charge in [-0.3, -0.25) is 0 Å². The fraction of sp³-hybridized carbons (Fsp3) is 0.167. The van der Waals surface area contributed by atoms with E-state index in [1.54, 1.807) is 13.0 Å². The quantitative estimate of drug-likeness (QED) is 0.612. The molecule has 0 bridgehead atoms. The number of benzene rings is 2. The number of carbonyl (C=O) groups excluding carboxylic acids is 1. The summed E-state index contributed by atoms with van der Waals surface area (Å²) in [5, 5.41) is 0.